The van der Waals surface area contributed by atoms with Gasteiger partial charge in [0, 0.05) is 18.8 Å². The van der Waals surface area contributed by atoms with E-state index in [4.69, 9.17) is 5.11 Å². The summed E-state index contributed by atoms with van der Waals surface area (Å²) in [4.78, 5) is 40.9. The Kier molecular flexibility index (Phi) is 5.32. The Labute approximate surface area is 154 Å². The van der Waals surface area contributed by atoms with Gasteiger partial charge >= 0.3 is 5.97 Å². The van der Waals surface area contributed by atoms with Crippen molar-refractivity contribution in [3.05, 3.63) is 51.5 Å². The molecule has 2 aromatic rings. The van der Waals surface area contributed by atoms with Crippen LogP contribution in [0.3, 0.4) is 0 Å². The molecule has 1 aromatic carbocycles. The maximum atomic E-state index is 12.4. The molecule has 0 saturated carbocycles. The Bertz CT molecular complexity index is 848. The monoisotopic (exact) mass is 373 g/mol. The van der Waals surface area contributed by atoms with Crippen molar-refractivity contribution in [1.29, 1.82) is 0 Å². The summed E-state index contributed by atoms with van der Waals surface area (Å²) >= 11 is 1.19. The molecule has 2 heterocycles. The summed E-state index contributed by atoms with van der Waals surface area (Å²) in [5, 5.41) is 13.6. The highest BCUT2D eigenvalue weighted by atomic mass is 32.1. The zero-order chi connectivity index (χ0) is 18.7. The van der Waals surface area contributed by atoms with E-state index in [-0.39, 0.29) is 36.5 Å². The number of hydrogen-bond acceptors (Lipinski definition) is 5. The number of carbonyl (C=O) groups is 3. The molecule has 0 unspecified atom stereocenters. The first-order chi connectivity index (χ1) is 12.5. The third-order valence-electron chi connectivity index (χ3n) is 4.40. The number of carbonyl (C=O) groups excluding carboxylic acids is 2. The molecule has 3 rings (SSSR count). The molecule has 0 spiro atoms. The molecule has 1 aliphatic heterocycles. The van der Waals surface area contributed by atoms with Crippen molar-refractivity contribution in [2.75, 3.05) is 6.54 Å². The van der Waals surface area contributed by atoms with E-state index in [0.29, 0.717) is 11.6 Å². The Morgan fingerprint density at radius 1 is 1.35 bits per heavy atom. The van der Waals surface area contributed by atoms with Gasteiger partial charge in [0.05, 0.1) is 19.0 Å². The molecule has 8 heteroatoms. The van der Waals surface area contributed by atoms with Crippen LogP contribution in [0.25, 0.3) is 0 Å². The van der Waals surface area contributed by atoms with Crippen LogP contribution in [0.4, 0.5) is 0 Å². The minimum Gasteiger partial charge on any atom is -0.476 e. The van der Waals surface area contributed by atoms with Gasteiger partial charge < -0.3 is 15.3 Å². The van der Waals surface area contributed by atoms with Crippen LogP contribution in [0.5, 0.6) is 0 Å². The molecule has 136 valence electrons. The van der Waals surface area contributed by atoms with Crippen molar-refractivity contribution in [2.45, 2.75) is 32.4 Å². The zero-order valence-corrected chi connectivity index (χ0v) is 15.1. The normalized spacial score (nSPS) is 16.0. The zero-order valence-electron chi connectivity index (χ0n) is 14.3. The van der Waals surface area contributed by atoms with Crippen molar-refractivity contribution in [3.8, 4) is 0 Å². The van der Waals surface area contributed by atoms with Crippen LogP contribution in [0.1, 0.15) is 46.0 Å². The number of nitrogens with one attached hydrogen (secondary N) is 1. The highest BCUT2D eigenvalue weighted by Crippen LogP contribution is 2.32. The van der Waals surface area contributed by atoms with E-state index in [2.05, 4.69) is 10.3 Å². The van der Waals surface area contributed by atoms with Gasteiger partial charge in [-0.1, -0.05) is 24.3 Å². The first-order valence-electron chi connectivity index (χ1n) is 8.25. The number of fused-ring (bicyclic) bond motifs is 1. The SMILES string of the molecule is CC(=O)N1CCc2ccccc2[C@@H]1CC(=O)NCc1nc(C(=O)O)cs1. The number of thiazole rings is 1. The molecule has 1 aliphatic rings. The molecular weight excluding hydrogens is 354 g/mol. The predicted molar refractivity (Wildman–Crippen MR) is 95.8 cm³/mol. The quantitative estimate of drug-likeness (QED) is 0.835. The lowest BCUT2D eigenvalue weighted by Gasteiger charge is -2.36. The topological polar surface area (TPSA) is 99.6 Å². The van der Waals surface area contributed by atoms with Crippen LogP contribution in [-0.2, 0) is 22.6 Å². The van der Waals surface area contributed by atoms with E-state index in [0.717, 1.165) is 17.5 Å². The molecular formula is C18H19N3O4S. The van der Waals surface area contributed by atoms with Crippen LogP contribution in [0, 0.1) is 0 Å². The Balaban J connectivity index is 1.68. The largest absolute Gasteiger partial charge is 0.476 e. The van der Waals surface area contributed by atoms with Gasteiger partial charge in [-0.25, -0.2) is 9.78 Å². The van der Waals surface area contributed by atoms with Crippen molar-refractivity contribution >= 4 is 29.1 Å². The summed E-state index contributed by atoms with van der Waals surface area (Å²) in [5.74, 6) is -1.34. The van der Waals surface area contributed by atoms with Gasteiger partial charge in [-0.05, 0) is 17.5 Å². The van der Waals surface area contributed by atoms with Gasteiger partial charge in [0.15, 0.2) is 5.69 Å². The maximum Gasteiger partial charge on any atom is 0.355 e. The molecule has 0 bridgehead atoms. The van der Waals surface area contributed by atoms with Gasteiger partial charge in [-0.2, -0.15) is 0 Å². The summed E-state index contributed by atoms with van der Waals surface area (Å²) in [7, 11) is 0. The number of benzene rings is 1. The van der Waals surface area contributed by atoms with Gasteiger partial charge in [0.2, 0.25) is 11.8 Å². The van der Waals surface area contributed by atoms with E-state index in [1.807, 2.05) is 24.3 Å². The maximum absolute atomic E-state index is 12.4. The van der Waals surface area contributed by atoms with E-state index < -0.39 is 5.97 Å². The molecule has 1 atom stereocenters. The Morgan fingerprint density at radius 3 is 2.81 bits per heavy atom. The number of carboxylic acid groups (broad SMARTS) is 1. The van der Waals surface area contributed by atoms with Crippen molar-refractivity contribution in [2.24, 2.45) is 0 Å². The molecule has 2 amide bonds. The molecule has 26 heavy (non-hydrogen) atoms. The van der Waals surface area contributed by atoms with Crippen LogP contribution < -0.4 is 5.32 Å². The predicted octanol–water partition coefficient (Wildman–Crippen LogP) is 1.99. The summed E-state index contributed by atoms with van der Waals surface area (Å²) in [6.07, 6.45) is 0.943. The average molecular weight is 373 g/mol. The number of amides is 2. The van der Waals surface area contributed by atoms with Crippen molar-refractivity contribution in [3.63, 3.8) is 0 Å². The molecule has 7 nitrogen and oxygen atoms in total. The van der Waals surface area contributed by atoms with Crippen LogP contribution in [0.2, 0.25) is 0 Å². The fraction of sp³-hybridized carbons (Fsp3) is 0.333. The summed E-state index contributed by atoms with van der Waals surface area (Å²) in [5.41, 5.74) is 2.14. The fourth-order valence-corrected chi connectivity index (χ4v) is 3.87. The standard InChI is InChI=1S/C18H19N3O4S/c1-11(22)21-7-6-12-4-2-3-5-13(12)15(21)8-16(23)19-9-17-20-14(10-26-17)18(24)25/h2-5,10,15H,6-9H2,1H3,(H,19,23)(H,24,25)/t15-/m0/s1. The third kappa shape index (κ3) is 3.91. The summed E-state index contributed by atoms with van der Waals surface area (Å²) in [6.45, 7) is 2.28. The number of aromatic nitrogens is 1. The summed E-state index contributed by atoms with van der Waals surface area (Å²) < 4.78 is 0. The molecule has 0 fully saturated rings. The minimum absolute atomic E-state index is 0.0248. The first kappa shape index (κ1) is 18.1. The summed E-state index contributed by atoms with van der Waals surface area (Å²) in [6, 6.07) is 7.57. The number of hydrogen-bond donors (Lipinski definition) is 2. The fourth-order valence-electron chi connectivity index (χ4n) is 3.16. The van der Waals surface area contributed by atoms with E-state index in [1.165, 1.54) is 23.6 Å². The van der Waals surface area contributed by atoms with Crippen LogP contribution in [-0.4, -0.2) is 39.3 Å². The second kappa shape index (κ2) is 7.65. The number of rotatable bonds is 5. The number of aromatic carboxylic acids is 1. The highest BCUT2D eigenvalue weighted by Gasteiger charge is 2.30. The van der Waals surface area contributed by atoms with Crippen molar-refractivity contribution in [1.82, 2.24) is 15.2 Å². The second-order valence-electron chi connectivity index (χ2n) is 6.09. The Morgan fingerprint density at radius 2 is 2.12 bits per heavy atom. The van der Waals surface area contributed by atoms with Crippen LogP contribution in [0.15, 0.2) is 29.6 Å². The lowest BCUT2D eigenvalue weighted by atomic mass is 9.90. The molecule has 1 aromatic heterocycles. The van der Waals surface area contributed by atoms with E-state index >= 15 is 0 Å². The molecule has 0 saturated heterocycles. The molecule has 2 N–H and O–H groups in total. The smallest absolute Gasteiger partial charge is 0.355 e. The van der Waals surface area contributed by atoms with E-state index in [9.17, 15) is 14.4 Å². The lowest BCUT2D eigenvalue weighted by molar-refractivity contribution is -0.133. The number of nitrogens with zero attached hydrogens (tertiary/aromatic N) is 2. The molecule has 0 aliphatic carbocycles. The van der Waals surface area contributed by atoms with Gasteiger partial charge in [-0.3, -0.25) is 9.59 Å². The van der Waals surface area contributed by atoms with E-state index in [1.54, 1.807) is 4.90 Å². The average Bonchev–Trinajstić information content (AvgIpc) is 3.09. The van der Waals surface area contributed by atoms with Gasteiger partial charge in [-0.15, -0.1) is 11.3 Å². The molecule has 0 radical (unpaired) electrons. The van der Waals surface area contributed by atoms with Crippen molar-refractivity contribution < 1.29 is 19.5 Å². The van der Waals surface area contributed by atoms with Gasteiger partial charge in [0.1, 0.15) is 5.01 Å². The third-order valence-corrected chi connectivity index (χ3v) is 5.25. The minimum atomic E-state index is -1.09. The first-order valence-corrected chi connectivity index (χ1v) is 9.13. The highest BCUT2D eigenvalue weighted by molar-refractivity contribution is 7.09. The Hall–Kier alpha value is -2.74. The lowest BCUT2D eigenvalue weighted by Crippen LogP contribution is -2.41. The van der Waals surface area contributed by atoms with Crippen LogP contribution >= 0.6 is 11.3 Å². The second-order valence-corrected chi connectivity index (χ2v) is 7.03. The number of carboxylic acids is 1. The van der Waals surface area contributed by atoms with Gasteiger partial charge in [0.25, 0.3) is 0 Å².